The first-order chi connectivity index (χ1) is 14.7. The number of carbonyl (C=O) groups is 1. The lowest BCUT2D eigenvalue weighted by molar-refractivity contribution is -0.118. The van der Waals surface area contributed by atoms with Crippen LogP contribution >= 0.6 is 0 Å². The van der Waals surface area contributed by atoms with Gasteiger partial charge in [0.1, 0.15) is 11.5 Å². The van der Waals surface area contributed by atoms with Crippen LogP contribution in [0, 0.1) is 0 Å². The maximum absolute atomic E-state index is 12.1. The predicted octanol–water partition coefficient (Wildman–Crippen LogP) is 4.43. The maximum Gasteiger partial charge on any atom is 0.262 e. The molecule has 0 radical (unpaired) electrons. The Hall–Kier alpha value is -4.13. The van der Waals surface area contributed by atoms with E-state index in [1.165, 1.54) is 0 Å². The Morgan fingerprint density at radius 2 is 1.73 bits per heavy atom. The smallest absolute Gasteiger partial charge is 0.262 e. The van der Waals surface area contributed by atoms with Crippen molar-refractivity contribution in [3.8, 4) is 34.3 Å². The lowest BCUT2D eigenvalue weighted by Crippen LogP contribution is -2.20. The van der Waals surface area contributed by atoms with E-state index in [-0.39, 0.29) is 12.5 Å². The Morgan fingerprint density at radius 1 is 0.933 bits per heavy atom. The van der Waals surface area contributed by atoms with Crippen LogP contribution in [0.15, 0.2) is 83.4 Å². The zero-order valence-corrected chi connectivity index (χ0v) is 16.2. The normalized spacial score (nSPS) is 10.4. The number of para-hydroxylation sites is 1. The zero-order chi connectivity index (χ0) is 20.8. The number of anilines is 1. The van der Waals surface area contributed by atoms with E-state index in [0.29, 0.717) is 23.0 Å². The van der Waals surface area contributed by atoms with Gasteiger partial charge in [-0.1, -0.05) is 29.4 Å². The van der Waals surface area contributed by atoms with E-state index in [0.717, 1.165) is 17.0 Å². The minimum Gasteiger partial charge on any atom is -0.497 e. The molecule has 3 aromatic carbocycles. The fourth-order valence-electron chi connectivity index (χ4n) is 2.78. The lowest BCUT2D eigenvalue weighted by atomic mass is 10.2. The molecule has 7 nitrogen and oxygen atoms in total. The highest BCUT2D eigenvalue weighted by Crippen LogP contribution is 2.26. The second kappa shape index (κ2) is 8.91. The number of hydrogen-bond acceptors (Lipinski definition) is 6. The summed E-state index contributed by atoms with van der Waals surface area (Å²) in [6, 6.07) is 23.8. The van der Waals surface area contributed by atoms with E-state index >= 15 is 0 Å². The van der Waals surface area contributed by atoms with Gasteiger partial charge in [-0.2, -0.15) is 4.98 Å². The Morgan fingerprint density at radius 3 is 2.50 bits per heavy atom. The summed E-state index contributed by atoms with van der Waals surface area (Å²) in [7, 11) is 1.61. The molecule has 1 heterocycles. The molecule has 0 spiro atoms. The van der Waals surface area contributed by atoms with Crippen LogP contribution in [0.1, 0.15) is 0 Å². The van der Waals surface area contributed by atoms with E-state index in [4.69, 9.17) is 14.0 Å². The summed E-state index contributed by atoms with van der Waals surface area (Å²) >= 11 is 0. The average Bonchev–Trinajstić information content (AvgIpc) is 3.29. The molecule has 0 aliphatic rings. The van der Waals surface area contributed by atoms with Crippen molar-refractivity contribution in [3.05, 3.63) is 78.9 Å². The molecule has 1 N–H and O–H groups in total. The molecule has 1 aromatic heterocycles. The van der Waals surface area contributed by atoms with E-state index < -0.39 is 0 Å². The zero-order valence-electron chi connectivity index (χ0n) is 16.2. The van der Waals surface area contributed by atoms with Gasteiger partial charge in [0.15, 0.2) is 6.61 Å². The Bertz CT molecular complexity index is 1120. The lowest BCUT2D eigenvalue weighted by Gasteiger charge is -2.08. The molecule has 0 aliphatic heterocycles. The molecule has 0 atom stereocenters. The summed E-state index contributed by atoms with van der Waals surface area (Å²) in [5.41, 5.74) is 2.23. The summed E-state index contributed by atoms with van der Waals surface area (Å²) < 4.78 is 16.2. The SMILES string of the molecule is COc1ccc(-c2noc(-c3cccc(OCC(=O)Nc4ccccc4)c3)n2)cc1. The second-order valence-electron chi connectivity index (χ2n) is 6.38. The van der Waals surface area contributed by atoms with E-state index in [1.807, 2.05) is 60.7 Å². The molecule has 0 bridgehead atoms. The summed E-state index contributed by atoms with van der Waals surface area (Å²) in [4.78, 5) is 16.5. The number of rotatable bonds is 7. The van der Waals surface area contributed by atoms with Crippen molar-refractivity contribution in [2.45, 2.75) is 0 Å². The standard InChI is InChI=1S/C23H19N3O4/c1-28-19-12-10-16(11-13-19)22-25-23(30-26-22)17-6-5-9-20(14-17)29-15-21(27)24-18-7-3-2-4-8-18/h2-14H,15H2,1H3,(H,24,27). The number of methoxy groups -OCH3 is 1. The van der Waals surface area contributed by atoms with Crippen LogP contribution < -0.4 is 14.8 Å². The first kappa shape index (κ1) is 19.2. The molecule has 0 saturated heterocycles. The molecule has 150 valence electrons. The Labute approximate surface area is 173 Å². The number of aromatic nitrogens is 2. The molecule has 0 unspecified atom stereocenters. The van der Waals surface area contributed by atoms with Crippen molar-refractivity contribution < 1.29 is 18.8 Å². The minimum absolute atomic E-state index is 0.112. The van der Waals surface area contributed by atoms with Crippen LogP contribution in [0.4, 0.5) is 5.69 Å². The molecular weight excluding hydrogens is 382 g/mol. The molecular formula is C23H19N3O4. The predicted molar refractivity (Wildman–Crippen MR) is 112 cm³/mol. The van der Waals surface area contributed by atoms with E-state index in [9.17, 15) is 4.79 Å². The van der Waals surface area contributed by atoms with Crippen molar-refractivity contribution in [2.75, 3.05) is 19.0 Å². The first-order valence-electron chi connectivity index (χ1n) is 9.27. The van der Waals surface area contributed by atoms with Gasteiger partial charge in [0.2, 0.25) is 5.82 Å². The van der Waals surface area contributed by atoms with Gasteiger partial charge in [-0.3, -0.25) is 4.79 Å². The van der Waals surface area contributed by atoms with Crippen molar-refractivity contribution >= 4 is 11.6 Å². The van der Waals surface area contributed by atoms with E-state index in [2.05, 4.69) is 15.5 Å². The second-order valence-corrected chi connectivity index (χ2v) is 6.38. The van der Waals surface area contributed by atoms with Gasteiger partial charge in [-0.25, -0.2) is 0 Å². The van der Waals surface area contributed by atoms with Crippen LogP contribution in [-0.2, 0) is 4.79 Å². The number of amides is 1. The monoisotopic (exact) mass is 401 g/mol. The number of hydrogen-bond donors (Lipinski definition) is 1. The van der Waals surface area contributed by atoms with Crippen LogP contribution in [0.5, 0.6) is 11.5 Å². The molecule has 0 aliphatic carbocycles. The third-order valence-corrected chi connectivity index (χ3v) is 4.28. The van der Waals surface area contributed by atoms with Crippen LogP contribution in [0.3, 0.4) is 0 Å². The number of carbonyl (C=O) groups excluding carboxylic acids is 1. The minimum atomic E-state index is -0.244. The van der Waals surface area contributed by atoms with Gasteiger partial charge in [0.05, 0.1) is 7.11 Å². The highest BCUT2D eigenvalue weighted by molar-refractivity contribution is 5.91. The quantitative estimate of drug-likeness (QED) is 0.493. The number of nitrogens with one attached hydrogen (secondary N) is 1. The Balaban J connectivity index is 1.42. The topological polar surface area (TPSA) is 86.5 Å². The van der Waals surface area contributed by atoms with Crippen LogP contribution in [0.2, 0.25) is 0 Å². The van der Waals surface area contributed by atoms with Crippen molar-refractivity contribution in [3.63, 3.8) is 0 Å². The van der Waals surface area contributed by atoms with Gasteiger partial charge in [0.25, 0.3) is 11.8 Å². The van der Waals surface area contributed by atoms with Gasteiger partial charge >= 0.3 is 0 Å². The fraction of sp³-hybridized carbons (Fsp3) is 0.0870. The fourth-order valence-corrected chi connectivity index (χ4v) is 2.78. The van der Waals surface area contributed by atoms with Gasteiger partial charge in [-0.15, -0.1) is 0 Å². The van der Waals surface area contributed by atoms with Crippen molar-refractivity contribution in [1.82, 2.24) is 10.1 Å². The summed E-state index contributed by atoms with van der Waals surface area (Å²) in [6.45, 7) is -0.112. The van der Waals surface area contributed by atoms with Crippen molar-refractivity contribution in [2.24, 2.45) is 0 Å². The third kappa shape index (κ3) is 4.64. The van der Waals surface area contributed by atoms with Crippen molar-refractivity contribution in [1.29, 1.82) is 0 Å². The average molecular weight is 401 g/mol. The summed E-state index contributed by atoms with van der Waals surface area (Å²) in [6.07, 6.45) is 0. The summed E-state index contributed by atoms with van der Waals surface area (Å²) in [5, 5.41) is 6.81. The summed E-state index contributed by atoms with van der Waals surface area (Å²) in [5.74, 6) is 1.87. The highest BCUT2D eigenvalue weighted by Gasteiger charge is 2.12. The highest BCUT2D eigenvalue weighted by atomic mass is 16.5. The molecule has 4 aromatic rings. The first-order valence-corrected chi connectivity index (χ1v) is 9.27. The third-order valence-electron chi connectivity index (χ3n) is 4.28. The largest absolute Gasteiger partial charge is 0.497 e. The van der Waals surface area contributed by atoms with Crippen LogP contribution in [-0.4, -0.2) is 29.8 Å². The van der Waals surface area contributed by atoms with Gasteiger partial charge < -0.3 is 19.3 Å². The van der Waals surface area contributed by atoms with Crippen LogP contribution in [0.25, 0.3) is 22.8 Å². The number of nitrogens with zero attached hydrogens (tertiary/aromatic N) is 2. The van der Waals surface area contributed by atoms with Gasteiger partial charge in [0, 0.05) is 16.8 Å². The molecule has 4 rings (SSSR count). The van der Waals surface area contributed by atoms with E-state index in [1.54, 1.807) is 25.3 Å². The molecule has 1 amide bonds. The Kier molecular flexibility index (Phi) is 5.70. The molecule has 0 fully saturated rings. The molecule has 0 saturated carbocycles. The molecule has 30 heavy (non-hydrogen) atoms. The molecule has 7 heteroatoms. The maximum atomic E-state index is 12.1. The van der Waals surface area contributed by atoms with Gasteiger partial charge in [-0.05, 0) is 54.6 Å². The number of ether oxygens (including phenoxy) is 2. The number of benzene rings is 3.